The minimum atomic E-state index is 0.00528. The molecule has 1 unspecified atom stereocenters. The van der Waals surface area contributed by atoms with Crippen LogP contribution in [0.3, 0.4) is 0 Å². The van der Waals surface area contributed by atoms with E-state index in [-0.39, 0.29) is 6.10 Å². The van der Waals surface area contributed by atoms with Crippen LogP contribution in [0, 0.1) is 5.41 Å². The summed E-state index contributed by atoms with van der Waals surface area (Å²) >= 11 is 0. The lowest BCUT2D eigenvalue weighted by Gasteiger charge is -2.26. The third-order valence-electron chi connectivity index (χ3n) is 2.58. The number of fused-ring (bicyclic) bond motifs is 1. The molecule has 0 saturated carbocycles. The normalized spacial score (nSPS) is 17.6. The van der Waals surface area contributed by atoms with Gasteiger partial charge in [-0.3, -0.25) is 5.41 Å². The monoisotopic (exact) mass is 235 g/mol. The Morgan fingerprint density at radius 1 is 1.41 bits per heavy atom. The van der Waals surface area contributed by atoms with Crippen molar-refractivity contribution in [3.05, 3.63) is 24.3 Å². The maximum atomic E-state index is 7.53. The number of nitrogens with one attached hydrogen (secondary N) is 1. The number of hydrogen-bond acceptors (Lipinski definition) is 4. The van der Waals surface area contributed by atoms with Crippen LogP contribution in [-0.2, 0) is 4.74 Å². The zero-order valence-electron chi connectivity index (χ0n) is 9.94. The number of ether oxygens (including phenoxy) is 3. The summed E-state index contributed by atoms with van der Waals surface area (Å²) in [5.74, 6) is 1.89. The second kappa shape index (κ2) is 5.57. The molecule has 1 aromatic carbocycles. The van der Waals surface area contributed by atoms with E-state index in [0.717, 1.165) is 17.9 Å². The third-order valence-corrected chi connectivity index (χ3v) is 2.58. The quantitative estimate of drug-likeness (QED) is 0.644. The number of rotatable bonds is 4. The molecule has 4 nitrogen and oxygen atoms in total. The van der Waals surface area contributed by atoms with Crippen molar-refractivity contribution in [2.75, 3.05) is 13.2 Å². The summed E-state index contributed by atoms with van der Waals surface area (Å²) in [5.41, 5.74) is 0. The average Bonchev–Trinajstić information content (AvgIpc) is 2.36. The molecule has 2 rings (SSSR count). The first kappa shape index (κ1) is 11.8. The van der Waals surface area contributed by atoms with E-state index in [4.69, 9.17) is 19.6 Å². The Morgan fingerprint density at radius 2 is 2.18 bits per heavy atom. The summed E-state index contributed by atoms with van der Waals surface area (Å²) in [6.07, 6.45) is 1.34. The fourth-order valence-electron chi connectivity index (χ4n) is 1.74. The van der Waals surface area contributed by atoms with Gasteiger partial charge in [-0.1, -0.05) is 12.1 Å². The van der Waals surface area contributed by atoms with E-state index in [9.17, 15) is 0 Å². The van der Waals surface area contributed by atoms with Gasteiger partial charge in [0.1, 0.15) is 12.7 Å². The molecule has 92 valence electrons. The average molecular weight is 235 g/mol. The summed E-state index contributed by atoms with van der Waals surface area (Å²) in [6, 6.07) is 7.64. The van der Waals surface area contributed by atoms with Crippen LogP contribution in [0.15, 0.2) is 24.3 Å². The molecule has 0 aromatic heterocycles. The van der Waals surface area contributed by atoms with E-state index in [1.165, 1.54) is 0 Å². The number of hydrogen-bond donors (Lipinski definition) is 1. The predicted octanol–water partition coefficient (Wildman–Crippen LogP) is 2.62. The highest BCUT2D eigenvalue weighted by atomic mass is 16.6. The molecule has 1 aliphatic heterocycles. The van der Waals surface area contributed by atoms with Crippen molar-refractivity contribution in [2.24, 2.45) is 0 Å². The van der Waals surface area contributed by atoms with Crippen molar-refractivity contribution in [3.63, 3.8) is 0 Å². The van der Waals surface area contributed by atoms with Crippen LogP contribution >= 0.6 is 0 Å². The van der Waals surface area contributed by atoms with Crippen LogP contribution in [0.5, 0.6) is 11.5 Å². The van der Waals surface area contributed by atoms with Gasteiger partial charge in [-0.15, -0.1) is 0 Å². The van der Waals surface area contributed by atoms with E-state index in [0.29, 0.717) is 25.5 Å². The van der Waals surface area contributed by atoms with Crippen molar-refractivity contribution >= 4 is 5.90 Å². The summed E-state index contributed by atoms with van der Waals surface area (Å²) in [4.78, 5) is 0. The molecule has 1 aromatic rings. The highest BCUT2D eigenvalue weighted by molar-refractivity contribution is 5.72. The second-order valence-corrected chi connectivity index (χ2v) is 3.89. The molecule has 17 heavy (non-hydrogen) atoms. The second-order valence-electron chi connectivity index (χ2n) is 3.89. The molecule has 0 spiro atoms. The van der Waals surface area contributed by atoms with Crippen LogP contribution < -0.4 is 9.47 Å². The minimum Gasteiger partial charge on any atom is -0.486 e. The predicted molar refractivity (Wildman–Crippen MR) is 64.9 cm³/mol. The van der Waals surface area contributed by atoms with Gasteiger partial charge in [0.15, 0.2) is 17.4 Å². The van der Waals surface area contributed by atoms with Crippen LogP contribution in [-0.4, -0.2) is 25.2 Å². The Morgan fingerprint density at radius 3 is 2.94 bits per heavy atom. The summed E-state index contributed by atoms with van der Waals surface area (Å²) in [6.45, 7) is 2.96. The van der Waals surface area contributed by atoms with Gasteiger partial charge < -0.3 is 14.2 Å². The lowest BCUT2D eigenvalue weighted by Crippen LogP contribution is -2.29. The zero-order valence-corrected chi connectivity index (χ0v) is 9.94. The maximum absolute atomic E-state index is 7.53. The van der Waals surface area contributed by atoms with Crippen molar-refractivity contribution in [3.8, 4) is 11.5 Å². The molecule has 0 saturated heterocycles. The Kier molecular flexibility index (Phi) is 3.85. The van der Waals surface area contributed by atoms with Crippen molar-refractivity contribution in [1.29, 1.82) is 5.41 Å². The van der Waals surface area contributed by atoms with Gasteiger partial charge in [-0.05, 0) is 25.5 Å². The molecule has 1 aliphatic rings. The van der Waals surface area contributed by atoms with E-state index in [2.05, 4.69) is 0 Å². The van der Waals surface area contributed by atoms with Gasteiger partial charge in [0.05, 0.1) is 6.61 Å². The molecular formula is C13H17NO3. The number of para-hydroxylation sites is 2. The van der Waals surface area contributed by atoms with Gasteiger partial charge in [0, 0.05) is 6.42 Å². The van der Waals surface area contributed by atoms with Gasteiger partial charge in [0.2, 0.25) is 0 Å². The van der Waals surface area contributed by atoms with Crippen LogP contribution in [0.25, 0.3) is 0 Å². The zero-order chi connectivity index (χ0) is 12.1. The molecule has 0 bridgehead atoms. The molecule has 0 radical (unpaired) electrons. The van der Waals surface area contributed by atoms with E-state index < -0.39 is 0 Å². The molecule has 0 aliphatic carbocycles. The smallest absolute Gasteiger partial charge is 0.180 e. The van der Waals surface area contributed by atoms with Crippen LogP contribution in [0.2, 0.25) is 0 Å². The number of benzene rings is 1. The lowest BCUT2D eigenvalue weighted by atomic mass is 10.2. The van der Waals surface area contributed by atoms with E-state index in [1.54, 1.807) is 0 Å². The fraction of sp³-hybridized carbons (Fsp3) is 0.462. The highest BCUT2D eigenvalue weighted by Gasteiger charge is 2.20. The van der Waals surface area contributed by atoms with Gasteiger partial charge >= 0.3 is 0 Å². The highest BCUT2D eigenvalue weighted by Crippen LogP contribution is 2.31. The largest absolute Gasteiger partial charge is 0.486 e. The fourth-order valence-corrected chi connectivity index (χ4v) is 1.74. The van der Waals surface area contributed by atoms with Gasteiger partial charge in [0.25, 0.3) is 0 Å². The summed E-state index contributed by atoms with van der Waals surface area (Å²) in [7, 11) is 0. The lowest BCUT2D eigenvalue weighted by molar-refractivity contribution is 0.0851. The SMILES string of the molecule is CCOC(=N)CCC1COc2ccccc2O1. The van der Waals surface area contributed by atoms with E-state index >= 15 is 0 Å². The maximum Gasteiger partial charge on any atom is 0.180 e. The summed E-state index contributed by atoms with van der Waals surface area (Å²) < 4.78 is 16.5. The molecule has 1 heterocycles. The molecular weight excluding hydrogens is 218 g/mol. The van der Waals surface area contributed by atoms with Gasteiger partial charge in [-0.2, -0.15) is 0 Å². The van der Waals surface area contributed by atoms with Crippen molar-refractivity contribution < 1.29 is 14.2 Å². The first-order chi connectivity index (χ1) is 8.29. The standard InChI is InChI=1S/C13H17NO3/c1-2-15-13(14)8-7-10-9-16-11-5-3-4-6-12(11)17-10/h3-6,10,14H,2,7-9H2,1H3. The molecule has 4 heteroatoms. The Hall–Kier alpha value is -1.71. The first-order valence-corrected chi connectivity index (χ1v) is 5.88. The van der Waals surface area contributed by atoms with Crippen LogP contribution in [0.4, 0.5) is 0 Å². The van der Waals surface area contributed by atoms with E-state index in [1.807, 2.05) is 31.2 Å². The molecule has 1 atom stereocenters. The molecule has 0 fully saturated rings. The topological polar surface area (TPSA) is 51.5 Å². The Labute approximate surface area is 101 Å². The Balaban J connectivity index is 1.84. The third kappa shape index (κ3) is 3.12. The Bertz CT molecular complexity index is 392. The van der Waals surface area contributed by atoms with Crippen LogP contribution in [0.1, 0.15) is 19.8 Å². The summed E-state index contributed by atoms with van der Waals surface area (Å²) in [5, 5.41) is 7.53. The minimum absolute atomic E-state index is 0.00528. The van der Waals surface area contributed by atoms with Gasteiger partial charge in [-0.25, -0.2) is 0 Å². The molecule has 0 amide bonds. The first-order valence-electron chi connectivity index (χ1n) is 5.88. The molecule has 1 N–H and O–H groups in total. The van der Waals surface area contributed by atoms with Crippen molar-refractivity contribution in [1.82, 2.24) is 0 Å². The van der Waals surface area contributed by atoms with Crippen molar-refractivity contribution in [2.45, 2.75) is 25.9 Å².